The first kappa shape index (κ1) is 21.2. The van der Waals surface area contributed by atoms with Crippen LogP contribution in [0.25, 0.3) is 21.3 Å². The Morgan fingerprint density at radius 3 is 2.68 bits per heavy atom. The number of nitrogens with one attached hydrogen (secondary N) is 1. The third-order valence-corrected chi connectivity index (χ3v) is 6.76. The number of thiophene rings is 1. The lowest BCUT2D eigenvalue weighted by molar-refractivity contribution is -0.122. The number of fused-ring (bicyclic) bond motifs is 2. The number of rotatable bonds is 6. The number of hydrogen-bond donors (Lipinski definition) is 1. The van der Waals surface area contributed by atoms with Gasteiger partial charge in [0, 0.05) is 23.9 Å². The zero-order chi connectivity index (χ0) is 22.3. The highest BCUT2D eigenvalue weighted by Gasteiger charge is 2.20. The summed E-state index contributed by atoms with van der Waals surface area (Å²) in [5, 5.41) is 3.70. The van der Waals surface area contributed by atoms with Gasteiger partial charge in [0.05, 0.1) is 28.8 Å². The molecule has 1 atom stereocenters. The Kier molecular flexibility index (Phi) is 5.66. The molecular formula is C23H27N5O2S. The number of carbonyl (C=O) groups is 1. The zero-order valence-corrected chi connectivity index (χ0v) is 19.3. The summed E-state index contributed by atoms with van der Waals surface area (Å²) in [6.45, 7) is 10.4. The Labute approximate surface area is 184 Å². The second-order valence-corrected chi connectivity index (χ2v) is 9.37. The summed E-state index contributed by atoms with van der Waals surface area (Å²) in [4.78, 5) is 36.5. The molecule has 0 saturated carbocycles. The molecule has 0 aliphatic heterocycles. The highest BCUT2D eigenvalue weighted by molar-refractivity contribution is 7.18. The van der Waals surface area contributed by atoms with Crippen molar-refractivity contribution in [1.29, 1.82) is 0 Å². The minimum absolute atomic E-state index is 0.0886. The van der Waals surface area contributed by atoms with Crippen LogP contribution in [0.1, 0.15) is 55.5 Å². The number of nitrogens with zero attached hydrogens (tertiary/aromatic N) is 4. The highest BCUT2D eigenvalue weighted by atomic mass is 32.1. The van der Waals surface area contributed by atoms with Crippen molar-refractivity contribution in [2.45, 2.75) is 59.7 Å². The molecule has 3 aromatic heterocycles. The lowest BCUT2D eigenvalue weighted by atomic mass is 10.2. The highest BCUT2D eigenvalue weighted by Crippen LogP contribution is 2.26. The number of aryl methyl sites for hydroxylation is 3. The smallest absolute Gasteiger partial charge is 0.262 e. The fraction of sp³-hybridized carbons (Fsp3) is 0.391. The van der Waals surface area contributed by atoms with E-state index in [1.807, 2.05) is 45.0 Å². The molecule has 3 heterocycles. The van der Waals surface area contributed by atoms with Crippen molar-refractivity contribution < 1.29 is 4.79 Å². The predicted molar refractivity (Wildman–Crippen MR) is 125 cm³/mol. The van der Waals surface area contributed by atoms with E-state index in [4.69, 9.17) is 4.98 Å². The van der Waals surface area contributed by atoms with Crippen LogP contribution in [0.15, 0.2) is 35.4 Å². The van der Waals surface area contributed by atoms with Crippen LogP contribution < -0.4 is 10.9 Å². The predicted octanol–water partition coefficient (Wildman–Crippen LogP) is 4.27. The second kappa shape index (κ2) is 8.26. The molecule has 0 bridgehead atoms. The Balaban J connectivity index is 1.50. The van der Waals surface area contributed by atoms with Gasteiger partial charge < -0.3 is 9.88 Å². The van der Waals surface area contributed by atoms with E-state index < -0.39 is 0 Å². The number of para-hydroxylation sites is 2. The molecule has 1 N–H and O–H groups in total. The third kappa shape index (κ3) is 3.87. The quantitative estimate of drug-likeness (QED) is 0.488. The fourth-order valence-electron chi connectivity index (χ4n) is 3.94. The number of imidazole rings is 1. The van der Waals surface area contributed by atoms with Crippen molar-refractivity contribution in [2.75, 3.05) is 0 Å². The van der Waals surface area contributed by atoms with Crippen molar-refractivity contribution in [3.8, 4) is 0 Å². The average Bonchev–Trinajstić information content (AvgIpc) is 3.26. The van der Waals surface area contributed by atoms with E-state index in [1.165, 1.54) is 22.2 Å². The van der Waals surface area contributed by atoms with Crippen LogP contribution in [0.5, 0.6) is 0 Å². The maximum Gasteiger partial charge on any atom is 0.262 e. The Bertz CT molecular complexity index is 1330. The summed E-state index contributed by atoms with van der Waals surface area (Å²) in [5.41, 5.74) is 2.85. The molecule has 4 aromatic rings. The monoisotopic (exact) mass is 437 g/mol. The molecule has 8 heteroatoms. The van der Waals surface area contributed by atoms with Crippen molar-refractivity contribution in [3.05, 3.63) is 57.2 Å². The Morgan fingerprint density at radius 1 is 1.19 bits per heavy atom. The van der Waals surface area contributed by atoms with Crippen LogP contribution in [0.3, 0.4) is 0 Å². The number of aromatic nitrogens is 4. The first-order valence-corrected chi connectivity index (χ1v) is 11.3. The molecule has 0 fully saturated rings. The van der Waals surface area contributed by atoms with Gasteiger partial charge in [0.2, 0.25) is 5.91 Å². The van der Waals surface area contributed by atoms with Crippen molar-refractivity contribution in [1.82, 2.24) is 24.4 Å². The lowest BCUT2D eigenvalue weighted by Crippen LogP contribution is -2.31. The molecular weight excluding hydrogens is 410 g/mol. The van der Waals surface area contributed by atoms with Gasteiger partial charge in [-0.25, -0.2) is 9.97 Å². The first-order valence-electron chi connectivity index (χ1n) is 10.5. The minimum atomic E-state index is -0.249. The normalized spacial score (nSPS) is 12.7. The maximum absolute atomic E-state index is 12.8. The molecule has 31 heavy (non-hydrogen) atoms. The number of hydrogen-bond acceptors (Lipinski definition) is 5. The van der Waals surface area contributed by atoms with Crippen LogP contribution in [0.2, 0.25) is 0 Å². The summed E-state index contributed by atoms with van der Waals surface area (Å²) in [5.74, 6) is 0.703. The number of benzene rings is 1. The van der Waals surface area contributed by atoms with E-state index in [-0.39, 0.29) is 36.5 Å². The molecule has 0 aliphatic carbocycles. The topological polar surface area (TPSA) is 81.8 Å². The van der Waals surface area contributed by atoms with Gasteiger partial charge in [0.15, 0.2) is 0 Å². The first-order chi connectivity index (χ1) is 14.8. The summed E-state index contributed by atoms with van der Waals surface area (Å²) in [7, 11) is 0. The van der Waals surface area contributed by atoms with E-state index in [2.05, 4.69) is 28.7 Å². The van der Waals surface area contributed by atoms with E-state index in [9.17, 15) is 9.59 Å². The van der Waals surface area contributed by atoms with Gasteiger partial charge in [-0.05, 0) is 52.3 Å². The number of carbonyl (C=O) groups excluding carboxylic acids is 1. The molecule has 1 unspecified atom stereocenters. The van der Waals surface area contributed by atoms with Crippen LogP contribution in [0.4, 0.5) is 0 Å². The molecule has 162 valence electrons. The average molecular weight is 438 g/mol. The van der Waals surface area contributed by atoms with Crippen molar-refractivity contribution in [2.24, 2.45) is 0 Å². The molecule has 4 rings (SSSR count). The standard InChI is InChI=1S/C23H27N5O2S/c1-13(2)28-18-9-7-6-8-17(18)26-21(28)15(4)25-19(29)10-11-27-12-24-22-20(23(27)30)14(3)16(5)31-22/h6-9,12-13,15H,10-11H2,1-5H3,(H,25,29). The molecule has 0 radical (unpaired) electrons. The van der Waals surface area contributed by atoms with Gasteiger partial charge >= 0.3 is 0 Å². The van der Waals surface area contributed by atoms with E-state index in [0.29, 0.717) is 5.39 Å². The molecule has 0 spiro atoms. The van der Waals surface area contributed by atoms with Gasteiger partial charge in [0.25, 0.3) is 5.56 Å². The van der Waals surface area contributed by atoms with E-state index in [0.717, 1.165) is 32.1 Å². The maximum atomic E-state index is 12.8. The van der Waals surface area contributed by atoms with Gasteiger partial charge in [-0.15, -0.1) is 11.3 Å². The van der Waals surface area contributed by atoms with E-state index >= 15 is 0 Å². The lowest BCUT2D eigenvalue weighted by Gasteiger charge is -2.19. The van der Waals surface area contributed by atoms with Crippen LogP contribution in [-0.4, -0.2) is 25.0 Å². The molecule has 0 aliphatic rings. The van der Waals surface area contributed by atoms with Gasteiger partial charge in [-0.1, -0.05) is 12.1 Å². The second-order valence-electron chi connectivity index (χ2n) is 8.17. The fourth-order valence-corrected chi connectivity index (χ4v) is 4.93. The number of amides is 1. The van der Waals surface area contributed by atoms with Gasteiger partial charge in [-0.2, -0.15) is 0 Å². The molecule has 7 nitrogen and oxygen atoms in total. The largest absolute Gasteiger partial charge is 0.346 e. The van der Waals surface area contributed by atoms with Crippen LogP contribution in [-0.2, 0) is 11.3 Å². The summed E-state index contributed by atoms with van der Waals surface area (Å²) >= 11 is 1.52. The third-order valence-electron chi connectivity index (χ3n) is 5.64. The van der Waals surface area contributed by atoms with Crippen LogP contribution >= 0.6 is 11.3 Å². The van der Waals surface area contributed by atoms with Gasteiger partial charge in [0.1, 0.15) is 10.7 Å². The summed E-state index contributed by atoms with van der Waals surface area (Å²) in [6, 6.07) is 7.96. The van der Waals surface area contributed by atoms with Crippen molar-refractivity contribution >= 4 is 38.5 Å². The Hall–Kier alpha value is -3.00. The van der Waals surface area contributed by atoms with Crippen molar-refractivity contribution in [3.63, 3.8) is 0 Å². The molecule has 0 saturated heterocycles. The minimum Gasteiger partial charge on any atom is -0.346 e. The zero-order valence-electron chi connectivity index (χ0n) is 18.5. The summed E-state index contributed by atoms with van der Waals surface area (Å²) in [6.07, 6.45) is 1.73. The SMILES string of the molecule is Cc1sc2ncn(CCC(=O)NC(C)c3nc4ccccc4n3C(C)C)c(=O)c2c1C. The van der Waals surface area contributed by atoms with E-state index in [1.54, 1.807) is 0 Å². The Morgan fingerprint density at radius 2 is 1.94 bits per heavy atom. The van der Waals surface area contributed by atoms with Gasteiger partial charge in [-0.3, -0.25) is 14.2 Å². The molecule has 1 aromatic carbocycles. The molecule has 1 amide bonds. The summed E-state index contributed by atoms with van der Waals surface area (Å²) < 4.78 is 3.68. The van der Waals surface area contributed by atoms with Crippen LogP contribution in [0, 0.1) is 13.8 Å².